The van der Waals surface area contributed by atoms with Gasteiger partial charge in [0.05, 0.1) is 0 Å². The van der Waals surface area contributed by atoms with Gasteiger partial charge in [0.15, 0.2) is 0 Å². The van der Waals surface area contributed by atoms with Crippen LogP contribution < -0.4 is 10.6 Å². The third-order valence-corrected chi connectivity index (χ3v) is 4.23. The molecule has 0 saturated heterocycles. The van der Waals surface area contributed by atoms with Crippen molar-refractivity contribution in [1.29, 1.82) is 5.26 Å². The second kappa shape index (κ2) is 13.0. The molecule has 1 atom stereocenters. The molecule has 26 heavy (non-hydrogen) atoms. The Hall–Kier alpha value is -2.32. The highest BCUT2D eigenvalue weighted by Gasteiger charge is 2.10. The molecule has 5 heteroatoms. The predicted molar refractivity (Wildman–Crippen MR) is 106 cm³/mol. The summed E-state index contributed by atoms with van der Waals surface area (Å²) in [6.07, 6.45) is 5.40. The summed E-state index contributed by atoms with van der Waals surface area (Å²) in [7, 11) is 0. The maximum Gasteiger partial charge on any atom is 0.263 e. The number of hydrogen-bond donors (Lipinski definition) is 2. The van der Waals surface area contributed by atoms with E-state index in [9.17, 15) is 10.1 Å². The summed E-state index contributed by atoms with van der Waals surface area (Å²) in [5.74, 6) is 0.0359. The summed E-state index contributed by atoms with van der Waals surface area (Å²) < 4.78 is 5.45. The molecule has 0 saturated carbocycles. The highest BCUT2D eigenvalue weighted by Crippen LogP contribution is 2.26. The molecule has 0 aliphatic rings. The molecule has 5 nitrogen and oxygen atoms in total. The molecule has 142 valence electrons. The van der Waals surface area contributed by atoms with Crippen LogP contribution in [0, 0.1) is 11.3 Å². The molecule has 1 unspecified atom stereocenters. The number of rotatable bonds is 12. The quantitative estimate of drug-likeness (QED) is 0.331. The average Bonchev–Trinajstić information content (AvgIpc) is 2.67. The fourth-order valence-electron chi connectivity index (χ4n) is 2.40. The normalized spacial score (nSPS) is 12.3. The van der Waals surface area contributed by atoms with E-state index < -0.39 is 0 Å². The van der Waals surface area contributed by atoms with Gasteiger partial charge in [-0.25, -0.2) is 0 Å². The summed E-state index contributed by atoms with van der Waals surface area (Å²) >= 11 is 0. The number of ether oxygens (including phenoxy) is 1. The average molecular weight is 357 g/mol. The number of benzene rings is 1. The zero-order valence-corrected chi connectivity index (χ0v) is 16.2. The molecule has 0 bridgehead atoms. The van der Waals surface area contributed by atoms with Crippen molar-refractivity contribution < 1.29 is 9.53 Å². The van der Waals surface area contributed by atoms with Gasteiger partial charge in [-0.2, -0.15) is 5.26 Å². The van der Waals surface area contributed by atoms with Crippen LogP contribution in [0.2, 0.25) is 0 Å². The van der Waals surface area contributed by atoms with Gasteiger partial charge in [0.25, 0.3) is 5.91 Å². The molecule has 0 spiro atoms. The van der Waals surface area contributed by atoms with Crippen LogP contribution in [0.4, 0.5) is 5.69 Å². The first-order valence-electron chi connectivity index (χ1n) is 9.45. The van der Waals surface area contributed by atoms with E-state index in [1.165, 1.54) is 11.8 Å². The summed E-state index contributed by atoms with van der Waals surface area (Å²) in [6.45, 7) is 8.28. The van der Waals surface area contributed by atoms with Crippen molar-refractivity contribution in [2.75, 3.05) is 25.1 Å². The first-order chi connectivity index (χ1) is 12.6. The Bertz CT molecular complexity index is 620. The number of unbranched alkanes of at least 4 members (excludes halogenated alkanes) is 1. The van der Waals surface area contributed by atoms with Crippen LogP contribution in [0.15, 0.2) is 36.0 Å². The SMILES string of the molecule is CCCCOCCCNC(=O)/C(C#N)=C\Nc1ccccc1C(C)CC. The Labute approximate surface area is 157 Å². The summed E-state index contributed by atoms with van der Waals surface area (Å²) in [5, 5.41) is 15.1. The van der Waals surface area contributed by atoms with Crippen molar-refractivity contribution in [3.63, 3.8) is 0 Å². The van der Waals surface area contributed by atoms with Gasteiger partial charge in [-0.05, 0) is 36.8 Å². The maximum atomic E-state index is 12.1. The van der Waals surface area contributed by atoms with E-state index in [1.807, 2.05) is 24.3 Å². The number of amides is 1. The molecule has 0 aliphatic heterocycles. The lowest BCUT2D eigenvalue weighted by atomic mass is 9.97. The van der Waals surface area contributed by atoms with E-state index in [1.54, 1.807) is 0 Å². The predicted octanol–water partition coefficient (Wildman–Crippen LogP) is 4.34. The molecule has 1 amide bonds. The first-order valence-corrected chi connectivity index (χ1v) is 9.45. The van der Waals surface area contributed by atoms with Gasteiger partial charge >= 0.3 is 0 Å². The molecule has 0 aliphatic carbocycles. The molecule has 1 aromatic rings. The Morgan fingerprint density at radius 1 is 1.27 bits per heavy atom. The van der Waals surface area contributed by atoms with Gasteiger partial charge < -0.3 is 15.4 Å². The van der Waals surface area contributed by atoms with Crippen LogP contribution in [-0.4, -0.2) is 25.7 Å². The molecular formula is C21H31N3O2. The van der Waals surface area contributed by atoms with Crippen LogP contribution in [0.3, 0.4) is 0 Å². The Morgan fingerprint density at radius 2 is 2.00 bits per heavy atom. The number of carbonyl (C=O) groups is 1. The summed E-state index contributed by atoms with van der Waals surface area (Å²) in [4.78, 5) is 12.1. The second-order valence-electron chi connectivity index (χ2n) is 6.29. The number of anilines is 1. The van der Waals surface area contributed by atoms with Crippen molar-refractivity contribution in [2.24, 2.45) is 0 Å². The molecule has 0 fully saturated rings. The maximum absolute atomic E-state index is 12.1. The number of nitriles is 1. The highest BCUT2D eigenvalue weighted by molar-refractivity contribution is 5.97. The van der Waals surface area contributed by atoms with Crippen LogP contribution in [-0.2, 0) is 9.53 Å². The molecule has 0 radical (unpaired) electrons. The van der Waals surface area contributed by atoms with Gasteiger partial charge in [-0.1, -0.05) is 45.4 Å². The molecule has 2 N–H and O–H groups in total. The fraction of sp³-hybridized carbons (Fsp3) is 0.524. The van der Waals surface area contributed by atoms with E-state index in [4.69, 9.17) is 4.74 Å². The zero-order chi connectivity index (χ0) is 19.2. The summed E-state index contributed by atoms with van der Waals surface area (Å²) in [6, 6.07) is 9.91. The van der Waals surface area contributed by atoms with Gasteiger partial charge in [0.1, 0.15) is 11.6 Å². The third kappa shape index (κ3) is 7.71. The van der Waals surface area contributed by atoms with E-state index >= 15 is 0 Å². The van der Waals surface area contributed by atoms with Crippen molar-refractivity contribution in [3.05, 3.63) is 41.6 Å². The van der Waals surface area contributed by atoms with Gasteiger partial charge in [-0.15, -0.1) is 0 Å². The van der Waals surface area contributed by atoms with Gasteiger partial charge in [-0.3, -0.25) is 4.79 Å². The van der Waals surface area contributed by atoms with E-state index in [0.717, 1.165) is 38.0 Å². The van der Waals surface area contributed by atoms with Crippen LogP contribution in [0.5, 0.6) is 0 Å². The minimum atomic E-state index is -0.366. The Kier molecular flexibility index (Phi) is 10.8. The number of hydrogen-bond acceptors (Lipinski definition) is 4. The van der Waals surface area contributed by atoms with E-state index in [2.05, 4.69) is 37.5 Å². The standard InChI is InChI=1S/C21H31N3O2/c1-4-6-13-26-14-9-12-23-21(25)18(15-22)16-24-20-11-8-7-10-19(20)17(3)5-2/h7-8,10-11,16-17,24H,4-6,9,12-14H2,1-3H3,(H,23,25)/b18-16-. The monoisotopic (exact) mass is 357 g/mol. The molecule has 1 aromatic carbocycles. The lowest BCUT2D eigenvalue weighted by Crippen LogP contribution is -2.26. The Balaban J connectivity index is 2.53. The van der Waals surface area contributed by atoms with E-state index in [0.29, 0.717) is 19.1 Å². The largest absolute Gasteiger partial charge is 0.381 e. The molecule has 0 heterocycles. The lowest BCUT2D eigenvalue weighted by Gasteiger charge is -2.14. The number of nitrogens with zero attached hydrogens (tertiary/aromatic N) is 1. The molecule has 1 rings (SSSR count). The van der Waals surface area contributed by atoms with Gasteiger partial charge in [0, 0.05) is 31.6 Å². The number of carbonyl (C=O) groups excluding carboxylic acids is 1. The van der Waals surface area contributed by atoms with Crippen molar-refractivity contribution in [3.8, 4) is 6.07 Å². The summed E-state index contributed by atoms with van der Waals surface area (Å²) in [5.41, 5.74) is 2.16. The topological polar surface area (TPSA) is 74.1 Å². The molecular weight excluding hydrogens is 326 g/mol. The van der Waals surface area contributed by atoms with Crippen LogP contribution in [0.25, 0.3) is 0 Å². The minimum Gasteiger partial charge on any atom is -0.381 e. The van der Waals surface area contributed by atoms with Crippen LogP contribution >= 0.6 is 0 Å². The lowest BCUT2D eigenvalue weighted by molar-refractivity contribution is -0.117. The van der Waals surface area contributed by atoms with Crippen molar-refractivity contribution >= 4 is 11.6 Å². The number of para-hydroxylation sites is 1. The highest BCUT2D eigenvalue weighted by atomic mass is 16.5. The first kappa shape index (κ1) is 21.7. The van der Waals surface area contributed by atoms with Crippen molar-refractivity contribution in [2.45, 2.75) is 52.4 Å². The third-order valence-electron chi connectivity index (χ3n) is 4.23. The zero-order valence-electron chi connectivity index (χ0n) is 16.2. The Morgan fingerprint density at radius 3 is 2.69 bits per heavy atom. The minimum absolute atomic E-state index is 0.0656. The smallest absolute Gasteiger partial charge is 0.263 e. The van der Waals surface area contributed by atoms with E-state index in [-0.39, 0.29) is 11.5 Å². The van der Waals surface area contributed by atoms with Gasteiger partial charge in [0.2, 0.25) is 0 Å². The molecule has 0 aromatic heterocycles. The second-order valence-corrected chi connectivity index (χ2v) is 6.29. The number of nitrogens with one attached hydrogen (secondary N) is 2. The van der Waals surface area contributed by atoms with Crippen LogP contribution in [0.1, 0.15) is 57.9 Å². The van der Waals surface area contributed by atoms with Crippen molar-refractivity contribution in [1.82, 2.24) is 5.32 Å². The fourth-order valence-corrected chi connectivity index (χ4v) is 2.40.